The van der Waals surface area contributed by atoms with Crippen LogP contribution in [0.15, 0.2) is 132 Å². The molecule has 0 aliphatic carbocycles. The summed E-state index contributed by atoms with van der Waals surface area (Å²) in [5.74, 6) is 2.38. The Morgan fingerprint density at radius 2 is 1.14 bits per heavy atom. The van der Waals surface area contributed by atoms with Crippen molar-refractivity contribution in [3.63, 3.8) is 0 Å². The fraction of sp³-hybridized carbons (Fsp3) is 0.352. The number of aromatic hydroxyl groups is 1. The minimum absolute atomic E-state index is 0.125. The highest BCUT2D eigenvalue weighted by atomic mass is 16.3. The second-order valence-corrected chi connectivity index (χ2v) is 28.5. The van der Waals surface area contributed by atoms with Gasteiger partial charge in [-0.3, -0.25) is 9.13 Å². The molecule has 0 amide bonds. The molecule has 0 bridgehead atoms. The quantitative estimate of drug-likeness (QED) is 0.175. The molecule has 4 heterocycles. The van der Waals surface area contributed by atoms with Crippen LogP contribution in [0.5, 0.6) is 5.75 Å². The first-order valence-electron chi connectivity index (χ1n) is 28.5. The van der Waals surface area contributed by atoms with Gasteiger partial charge in [0.1, 0.15) is 34.9 Å². The lowest BCUT2D eigenvalue weighted by atomic mass is 9.79. The summed E-state index contributed by atoms with van der Waals surface area (Å²) in [6.07, 6.45) is 0. The molecular weight excluding hydrogens is 997 g/mol. The summed E-state index contributed by atoms with van der Waals surface area (Å²) in [6, 6.07) is 47.8. The molecule has 1 aliphatic rings. The van der Waals surface area contributed by atoms with Crippen LogP contribution in [0.4, 0.5) is 17.1 Å². The smallest absolute Gasteiger partial charge is 0.159 e. The first-order valence-corrected chi connectivity index (χ1v) is 28.5. The number of nitrogens with zero attached hydrogens (tertiary/aromatic N) is 8. The third-order valence-electron chi connectivity index (χ3n) is 16.1. The Hall–Kier alpha value is -8.16. The van der Waals surface area contributed by atoms with Gasteiger partial charge in [0.15, 0.2) is 5.58 Å². The van der Waals surface area contributed by atoms with E-state index in [2.05, 4.69) is 265 Å². The molecule has 0 unspecified atom stereocenters. The van der Waals surface area contributed by atoms with Gasteiger partial charge in [0.2, 0.25) is 0 Å². The van der Waals surface area contributed by atoms with E-state index in [1.807, 2.05) is 12.1 Å². The summed E-state index contributed by atoms with van der Waals surface area (Å²) in [7, 11) is 0. The van der Waals surface area contributed by atoms with Crippen LogP contribution in [0.1, 0.15) is 159 Å². The molecule has 10 nitrogen and oxygen atoms in total. The first kappa shape index (κ1) is 54.8. The molecule has 81 heavy (non-hydrogen) atoms. The zero-order chi connectivity index (χ0) is 58.3. The SMILES string of the molecule is CC(C)(C)c1ccc(-n2c(-c3cc(C(C)(C)C)cc(C(C)(C)C)c3O)nc3c(-c4cc(N5CN(C(C)(C)C)c6ccccc65)c5oc6cc(-n7c(C(C)(C)C)nnc7C(C)(C)C)c(C#N)cc6c5c4)cccc32)c(-c2ccccc2)c1. The third kappa shape index (κ3) is 9.42. The molecule has 11 rings (SSSR count). The molecule has 0 radical (unpaired) electrons. The Balaban J connectivity index is 1.26. The lowest BCUT2D eigenvalue weighted by molar-refractivity contribution is 0.446. The zero-order valence-electron chi connectivity index (χ0n) is 50.8. The highest BCUT2D eigenvalue weighted by Crippen LogP contribution is 2.51. The van der Waals surface area contributed by atoms with Crippen LogP contribution < -0.4 is 9.80 Å². The number of rotatable bonds is 6. The van der Waals surface area contributed by atoms with E-state index in [1.54, 1.807) is 0 Å². The lowest BCUT2D eigenvalue weighted by Crippen LogP contribution is -2.42. The highest BCUT2D eigenvalue weighted by Gasteiger charge is 2.37. The van der Waals surface area contributed by atoms with Crippen LogP contribution in [0, 0.1) is 11.3 Å². The number of furan rings is 1. The molecule has 10 aromatic rings. The molecular formula is C71H78N8O2. The number of phenols is 1. The van der Waals surface area contributed by atoms with Crippen LogP contribution >= 0.6 is 0 Å². The Kier molecular flexibility index (Phi) is 12.6. The predicted molar refractivity (Wildman–Crippen MR) is 335 cm³/mol. The van der Waals surface area contributed by atoms with Gasteiger partial charge in [0, 0.05) is 49.9 Å². The molecule has 414 valence electrons. The van der Waals surface area contributed by atoms with Crippen LogP contribution in [-0.4, -0.2) is 41.6 Å². The van der Waals surface area contributed by atoms with Gasteiger partial charge in [-0.05, 0) is 114 Å². The molecule has 1 N–H and O–H groups in total. The maximum Gasteiger partial charge on any atom is 0.159 e. The van der Waals surface area contributed by atoms with Crippen LogP contribution in [0.2, 0.25) is 0 Å². The van der Waals surface area contributed by atoms with E-state index in [9.17, 15) is 10.4 Å². The topological polar surface area (TPSA) is 112 Å². The number of imidazole rings is 1. The molecule has 0 saturated carbocycles. The summed E-state index contributed by atoms with van der Waals surface area (Å²) < 4.78 is 11.6. The molecule has 1 aliphatic heterocycles. The summed E-state index contributed by atoms with van der Waals surface area (Å²) in [5.41, 5.74) is 14.3. The van der Waals surface area contributed by atoms with Crippen LogP contribution in [0.3, 0.4) is 0 Å². The van der Waals surface area contributed by atoms with Crippen molar-refractivity contribution in [2.75, 3.05) is 16.5 Å². The van der Waals surface area contributed by atoms with Crippen LogP contribution in [0.25, 0.3) is 78.0 Å². The Morgan fingerprint density at radius 3 is 1.74 bits per heavy atom. The van der Waals surface area contributed by atoms with Crippen LogP contribution in [-0.2, 0) is 27.1 Å². The van der Waals surface area contributed by atoms with E-state index >= 15 is 0 Å². The third-order valence-corrected chi connectivity index (χ3v) is 16.1. The number of nitriles is 1. The molecule has 0 atom stereocenters. The molecule has 7 aromatic carbocycles. The minimum Gasteiger partial charge on any atom is -0.507 e. The number of benzene rings is 7. The van der Waals surface area contributed by atoms with Gasteiger partial charge in [0.25, 0.3) is 0 Å². The Bertz CT molecular complexity index is 4150. The number of para-hydroxylation sites is 3. The summed E-state index contributed by atoms with van der Waals surface area (Å²) in [4.78, 5) is 10.6. The van der Waals surface area contributed by atoms with E-state index < -0.39 is 0 Å². The van der Waals surface area contributed by atoms with Gasteiger partial charge < -0.3 is 19.3 Å². The Morgan fingerprint density at radius 1 is 0.506 bits per heavy atom. The first-order chi connectivity index (χ1) is 37.8. The van der Waals surface area contributed by atoms with Gasteiger partial charge in [0.05, 0.1) is 57.3 Å². The van der Waals surface area contributed by atoms with Gasteiger partial charge in [-0.15, -0.1) is 10.2 Å². The fourth-order valence-corrected chi connectivity index (χ4v) is 11.6. The van der Waals surface area contributed by atoms with Gasteiger partial charge in [-0.2, -0.15) is 5.26 Å². The average Bonchev–Trinajstić information content (AvgIpc) is 3.36. The second-order valence-electron chi connectivity index (χ2n) is 28.5. The largest absolute Gasteiger partial charge is 0.507 e. The number of hydrogen-bond acceptors (Lipinski definition) is 8. The lowest BCUT2D eigenvalue weighted by Gasteiger charge is -2.34. The number of anilines is 3. The molecule has 10 heteroatoms. The maximum atomic E-state index is 12.8. The van der Waals surface area contributed by atoms with Crippen molar-refractivity contribution >= 4 is 50.0 Å². The van der Waals surface area contributed by atoms with E-state index in [4.69, 9.17) is 19.6 Å². The monoisotopic (exact) mass is 1070 g/mol. The molecule has 0 fully saturated rings. The number of aromatic nitrogens is 5. The van der Waals surface area contributed by atoms with Crippen molar-refractivity contribution in [3.05, 3.63) is 161 Å². The summed E-state index contributed by atoms with van der Waals surface area (Å²) in [5, 5.41) is 35.2. The van der Waals surface area contributed by atoms with Crippen molar-refractivity contribution in [1.29, 1.82) is 5.26 Å². The van der Waals surface area contributed by atoms with Crippen molar-refractivity contribution in [1.82, 2.24) is 24.3 Å². The maximum absolute atomic E-state index is 12.8. The van der Waals surface area contributed by atoms with Gasteiger partial charge in [-0.1, -0.05) is 171 Å². The summed E-state index contributed by atoms with van der Waals surface area (Å²) in [6.45, 7) is 40.0. The molecule has 0 saturated heterocycles. The Labute approximate surface area is 478 Å². The number of fused-ring (bicyclic) bond motifs is 5. The van der Waals surface area contributed by atoms with Crippen molar-refractivity contribution in [2.45, 2.75) is 157 Å². The van der Waals surface area contributed by atoms with Crippen molar-refractivity contribution in [2.24, 2.45) is 0 Å². The highest BCUT2D eigenvalue weighted by molar-refractivity contribution is 6.13. The minimum atomic E-state index is -0.383. The molecule has 0 spiro atoms. The van der Waals surface area contributed by atoms with Crippen molar-refractivity contribution in [3.8, 4) is 56.8 Å². The van der Waals surface area contributed by atoms with E-state index in [0.717, 1.165) is 89.6 Å². The second kappa shape index (κ2) is 18.7. The molecule has 3 aromatic heterocycles. The van der Waals surface area contributed by atoms with E-state index in [0.29, 0.717) is 40.5 Å². The average molecular weight is 1080 g/mol. The number of hydrogen-bond donors (Lipinski definition) is 1. The van der Waals surface area contributed by atoms with Gasteiger partial charge >= 0.3 is 0 Å². The normalized spacial score (nSPS) is 13.7. The van der Waals surface area contributed by atoms with Crippen molar-refractivity contribution < 1.29 is 9.52 Å². The summed E-state index contributed by atoms with van der Waals surface area (Å²) >= 11 is 0. The van der Waals surface area contributed by atoms with E-state index in [-0.39, 0.29) is 38.4 Å². The fourth-order valence-electron chi connectivity index (χ4n) is 11.6. The predicted octanol–water partition coefficient (Wildman–Crippen LogP) is 18.3. The van der Waals surface area contributed by atoms with Gasteiger partial charge in [-0.25, -0.2) is 4.98 Å². The zero-order valence-corrected chi connectivity index (χ0v) is 50.8. The standard InChI is InChI=1S/C71H78N8O2/c1-66(2,3)45-31-32-53(48(36-45)42-25-20-19-21-26-42)78-56-30-24-27-47(60(56)73-63(78)51-37-46(67(4,5)6)38-52(61(51)80)68(7,8)9)43-33-50-49-34-44(40-72)57(79-64(69(10,11)12)74-75-65(79)70(13,14)15)39-59(49)81-62(50)58(35-43)76-41-77(71(16,17)18)55-29-23-22-28-54(55)76/h19-39,80H,41H2,1-18H3. The van der Waals surface area contributed by atoms with E-state index in [1.165, 1.54) is 5.56 Å². The number of phenolic OH excluding ortho intramolecular Hbond substituents is 1.